The van der Waals surface area contributed by atoms with Crippen LogP contribution in [0, 0.1) is 18.6 Å². The lowest BCUT2D eigenvalue weighted by atomic mass is 10.2. The normalized spacial score (nSPS) is 12.1. The standard InChI is InChI=1S/C19H17ClF2N2O2S/c1-3-26-10-9-24-17-11(2)12(20)7-8-15(17)27-19(24)23-18(25)16-13(21)5-4-6-14(16)22/h4-8H,3,9-10H2,1-2H3. The lowest BCUT2D eigenvalue weighted by Crippen LogP contribution is -2.20. The highest BCUT2D eigenvalue weighted by Gasteiger charge is 2.18. The third kappa shape index (κ3) is 3.95. The average molecular weight is 411 g/mol. The Morgan fingerprint density at radius 1 is 1.26 bits per heavy atom. The van der Waals surface area contributed by atoms with E-state index in [1.807, 2.05) is 19.9 Å². The molecule has 0 aliphatic rings. The number of aryl methyl sites for hydroxylation is 1. The van der Waals surface area contributed by atoms with Crippen molar-refractivity contribution in [3.63, 3.8) is 0 Å². The zero-order chi connectivity index (χ0) is 19.6. The van der Waals surface area contributed by atoms with Gasteiger partial charge >= 0.3 is 0 Å². The smallest absolute Gasteiger partial charge is 0.285 e. The Labute approximate surface area is 163 Å². The van der Waals surface area contributed by atoms with Crippen molar-refractivity contribution >= 4 is 39.1 Å². The van der Waals surface area contributed by atoms with Gasteiger partial charge in [-0.25, -0.2) is 8.78 Å². The van der Waals surface area contributed by atoms with Gasteiger partial charge in [-0.15, -0.1) is 0 Å². The molecular weight excluding hydrogens is 394 g/mol. The predicted octanol–water partition coefficient (Wildman–Crippen LogP) is 4.72. The van der Waals surface area contributed by atoms with Crippen molar-refractivity contribution in [3.05, 3.63) is 62.9 Å². The number of rotatable bonds is 5. The van der Waals surface area contributed by atoms with E-state index in [-0.39, 0.29) is 0 Å². The van der Waals surface area contributed by atoms with Gasteiger partial charge in [0.25, 0.3) is 5.91 Å². The molecule has 4 nitrogen and oxygen atoms in total. The van der Waals surface area contributed by atoms with E-state index in [1.54, 1.807) is 10.6 Å². The van der Waals surface area contributed by atoms with Gasteiger partial charge in [-0.3, -0.25) is 4.79 Å². The van der Waals surface area contributed by atoms with E-state index in [1.165, 1.54) is 17.4 Å². The van der Waals surface area contributed by atoms with E-state index in [2.05, 4.69) is 4.99 Å². The van der Waals surface area contributed by atoms with Gasteiger partial charge in [0, 0.05) is 18.2 Å². The highest BCUT2D eigenvalue weighted by Crippen LogP contribution is 2.27. The molecule has 0 fully saturated rings. The molecule has 3 rings (SSSR count). The molecule has 0 unspecified atom stereocenters. The number of halogens is 3. The first-order chi connectivity index (χ1) is 12.9. The van der Waals surface area contributed by atoms with Crippen LogP contribution in [0.25, 0.3) is 10.2 Å². The number of aromatic nitrogens is 1. The van der Waals surface area contributed by atoms with Gasteiger partial charge < -0.3 is 9.30 Å². The van der Waals surface area contributed by atoms with Crippen LogP contribution in [0.5, 0.6) is 0 Å². The first-order valence-electron chi connectivity index (χ1n) is 8.33. The SMILES string of the molecule is CCOCCn1c(=NC(=O)c2c(F)cccc2F)sc2ccc(Cl)c(C)c21. The van der Waals surface area contributed by atoms with Crippen molar-refractivity contribution in [3.8, 4) is 0 Å². The van der Waals surface area contributed by atoms with Gasteiger partial charge in [-0.2, -0.15) is 4.99 Å². The third-order valence-electron chi connectivity index (χ3n) is 4.07. The first kappa shape index (κ1) is 19.7. The molecule has 2 aromatic carbocycles. The van der Waals surface area contributed by atoms with Crippen LogP contribution in [0.15, 0.2) is 35.3 Å². The fourth-order valence-electron chi connectivity index (χ4n) is 2.75. The summed E-state index contributed by atoms with van der Waals surface area (Å²) in [7, 11) is 0. The van der Waals surface area contributed by atoms with Gasteiger partial charge in [0.2, 0.25) is 0 Å². The first-order valence-corrected chi connectivity index (χ1v) is 9.52. The summed E-state index contributed by atoms with van der Waals surface area (Å²) in [5.74, 6) is -2.85. The minimum atomic E-state index is -0.967. The van der Waals surface area contributed by atoms with Crippen molar-refractivity contribution in [2.24, 2.45) is 4.99 Å². The van der Waals surface area contributed by atoms with Gasteiger partial charge in [-0.05, 0) is 43.7 Å². The maximum absolute atomic E-state index is 13.9. The Hall–Kier alpha value is -2.09. The van der Waals surface area contributed by atoms with Crippen LogP contribution in [0.3, 0.4) is 0 Å². The summed E-state index contributed by atoms with van der Waals surface area (Å²) in [4.78, 5) is 16.8. The molecule has 0 saturated heterocycles. The van der Waals surface area contributed by atoms with E-state index in [0.717, 1.165) is 27.9 Å². The quantitative estimate of drug-likeness (QED) is 0.571. The fraction of sp³-hybridized carbons (Fsp3) is 0.263. The maximum atomic E-state index is 13.9. The highest BCUT2D eigenvalue weighted by molar-refractivity contribution is 7.16. The second-order valence-corrected chi connectivity index (χ2v) is 7.18. The molecule has 8 heteroatoms. The second kappa shape index (κ2) is 8.29. The molecule has 1 heterocycles. The molecule has 0 bridgehead atoms. The summed E-state index contributed by atoms with van der Waals surface area (Å²) in [5, 5.41) is 0.587. The molecule has 0 saturated carbocycles. The summed E-state index contributed by atoms with van der Waals surface area (Å²) >= 11 is 7.49. The van der Waals surface area contributed by atoms with E-state index in [4.69, 9.17) is 16.3 Å². The Kier molecular flexibility index (Phi) is 6.04. The van der Waals surface area contributed by atoms with Crippen LogP contribution >= 0.6 is 22.9 Å². The van der Waals surface area contributed by atoms with Crippen LogP contribution in [-0.4, -0.2) is 23.7 Å². The summed E-state index contributed by atoms with van der Waals surface area (Å²) in [6, 6.07) is 6.87. The molecule has 27 heavy (non-hydrogen) atoms. The van der Waals surface area contributed by atoms with E-state index in [0.29, 0.717) is 29.6 Å². The number of amides is 1. The van der Waals surface area contributed by atoms with Gasteiger partial charge in [-0.1, -0.05) is 29.0 Å². The van der Waals surface area contributed by atoms with E-state index in [9.17, 15) is 13.6 Å². The molecule has 0 atom stereocenters. The fourth-order valence-corrected chi connectivity index (χ4v) is 4.02. The molecule has 0 aliphatic carbocycles. The van der Waals surface area contributed by atoms with Crippen molar-refractivity contribution in [1.82, 2.24) is 4.57 Å². The summed E-state index contributed by atoms with van der Waals surface area (Å²) in [5.41, 5.74) is 1.00. The number of carbonyl (C=O) groups excluding carboxylic acids is 1. The van der Waals surface area contributed by atoms with Crippen LogP contribution < -0.4 is 4.80 Å². The molecule has 1 aromatic heterocycles. The summed E-state index contributed by atoms with van der Waals surface area (Å²) in [6.45, 7) is 5.14. The van der Waals surface area contributed by atoms with E-state index >= 15 is 0 Å². The van der Waals surface area contributed by atoms with Crippen LogP contribution in [-0.2, 0) is 11.3 Å². The largest absolute Gasteiger partial charge is 0.380 e. The summed E-state index contributed by atoms with van der Waals surface area (Å²) < 4.78 is 35.9. The molecule has 0 radical (unpaired) electrons. The van der Waals surface area contributed by atoms with Gasteiger partial charge in [0.1, 0.15) is 17.2 Å². The average Bonchev–Trinajstić information content (AvgIpc) is 2.96. The minimum Gasteiger partial charge on any atom is -0.380 e. The Morgan fingerprint density at radius 3 is 2.63 bits per heavy atom. The minimum absolute atomic E-state index is 0.336. The van der Waals surface area contributed by atoms with Gasteiger partial charge in [0.15, 0.2) is 4.80 Å². The maximum Gasteiger partial charge on any atom is 0.285 e. The van der Waals surface area contributed by atoms with Crippen LogP contribution in [0.4, 0.5) is 8.78 Å². The lowest BCUT2D eigenvalue weighted by molar-refractivity contribution is 0.0988. The number of thiazole rings is 1. The van der Waals surface area contributed by atoms with Crippen LogP contribution in [0.2, 0.25) is 5.02 Å². The second-order valence-electron chi connectivity index (χ2n) is 5.77. The molecule has 142 valence electrons. The third-order valence-corrected chi connectivity index (χ3v) is 5.52. The Balaban J connectivity index is 2.18. The number of fused-ring (bicyclic) bond motifs is 1. The number of carbonyl (C=O) groups is 1. The number of hydrogen-bond donors (Lipinski definition) is 0. The molecule has 3 aromatic rings. The van der Waals surface area contributed by atoms with Gasteiger partial charge in [0.05, 0.1) is 16.8 Å². The van der Waals surface area contributed by atoms with E-state index < -0.39 is 23.1 Å². The zero-order valence-corrected chi connectivity index (χ0v) is 16.3. The number of nitrogens with zero attached hydrogens (tertiary/aromatic N) is 2. The topological polar surface area (TPSA) is 43.6 Å². The lowest BCUT2D eigenvalue weighted by Gasteiger charge is -2.08. The molecule has 0 aliphatic heterocycles. The van der Waals surface area contributed by atoms with Crippen molar-refractivity contribution in [2.45, 2.75) is 20.4 Å². The highest BCUT2D eigenvalue weighted by atomic mass is 35.5. The predicted molar refractivity (Wildman–Crippen MR) is 102 cm³/mol. The monoisotopic (exact) mass is 410 g/mol. The Bertz CT molecular complexity index is 1060. The number of benzene rings is 2. The van der Waals surface area contributed by atoms with Crippen LogP contribution in [0.1, 0.15) is 22.8 Å². The number of ether oxygens (including phenoxy) is 1. The molecule has 0 spiro atoms. The molecular formula is C19H17ClF2N2O2S. The Morgan fingerprint density at radius 2 is 1.96 bits per heavy atom. The molecule has 1 amide bonds. The zero-order valence-electron chi connectivity index (χ0n) is 14.8. The van der Waals surface area contributed by atoms with Crippen molar-refractivity contribution < 1.29 is 18.3 Å². The molecule has 0 N–H and O–H groups in total. The number of hydrogen-bond acceptors (Lipinski definition) is 3. The van der Waals surface area contributed by atoms with Crippen molar-refractivity contribution in [1.29, 1.82) is 0 Å². The van der Waals surface area contributed by atoms with Crippen molar-refractivity contribution in [2.75, 3.05) is 13.2 Å². The summed E-state index contributed by atoms with van der Waals surface area (Å²) in [6.07, 6.45) is 0.